The summed E-state index contributed by atoms with van der Waals surface area (Å²) in [5.74, 6) is 4.50. The molecular weight excluding hydrogens is 270 g/mol. The number of primary amides is 1. The van der Waals surface area contributed by atoms with Gasteiger partial charge in [0.25, 0.3) is 5.91 Å². The summed E-state index contributed by atoms with van der Waals surface area (Å²) in [5, 5.41) is 8.67. The summed E-state index contributed by atoms with van der Waals surface area (Å²) in [4.78, 5) is 28.9. The van der Waals surface area contributed by atoms with Crippen molar-refractivity contribution in [2.45, 2.75) is 13.8 Å². The fourth-order valence-corrected chi connectivity index (χ4v) is 1.80. The fraction of sp³-hybridized carbons (Fsp3) is 0.400. The first-order valence-corrected chi connectivity index (χ1v) is 6.56. The molecule has 0 radical (unpaired) electrons. The molecule has 6 nitrogen and oxygen atoms in total. The molecule has 21 heavy (non-hydrogen) atoms. The average Bonchev–Trinajstić information content (AvgIpc) is 2.43. The van der Waals surface area contributed by atoms with E-state index < -0.39 is 5.91 Å². The van der Waals surface area contributed by atoms with Crippen molar-refractivity contribution >= 4 is 11.8 Å². The lowest BCUT2D eigenvalue weighted by Gasteiger charge is -2.23. The third-order valence-corrected chi connectivity index (χ3v) is 2.52. The lowest BCUT2D eigenvalue weighted by atomic mass is 10.1. The molecular formula is C15H19N3O3. The minimum absolute atomic E-state index is 0.135. The standard InChI is InChI=1S/C15H19N3O3/c1-11(2)9-18(10-14(16)20)15(21)13-6-12(4-3-5-19)7-17-8-13/h6-8,11,19H,5,9-10H2,1-2H3,(H2,16,20). The van der Waals surface area contributed by atoms with Crippen molar-refractivity contribution in [2.24, 2.45) is 11.7 Å². The minimum Gasteiger partial charge on any atom is -0.384 e. The maximum Gasteiger partial charge on any atom is 0.255 e. The van der Waals surface area contributed by atoms with E-state index in [0.717, 1.165) is 0 Å². The van der Waals surface area contributed by atoms with Crippen LogP contribution in [0, 0.1) is 17.8 Å². The average molecular weight is 289 g/mol. The third kappa shape index (κ3) is 5.63. The number of carbonyl (C=O) groups is 2. The third-order valence-electron chi connectivity index (χ3n) is 2.52. The Morgan fingerprint density at radius 2 is 2.14 bits per heavy atom. The van der Waals surface area contributed by atoms with E-state index in [1.807, 2.05) is 13.8 Å². The Bertz CT molecular complexity index is 573. The highest BCUT2D eigenvalue weighted by Gasteiger charge is 2.19. The van der Waals surface area contributed by atoms with Crippen LogP contribution in [0.15, 0.2) is 18.5 Å². The van der Waals surface area contributed by atoms with Crippen LogP contribution in [0.3, 0.4) is 0 Å². The van der Waals surface area contributed by atoms with E-state index in [1.165, 1.54) is 17.3 Å². The first kappa shape index (κ1) is 16.7. The number of rotatable bonds is 5. The second kappa shape index (κ2) is 8.02. The molecule has 1 heterocycles. The van der Waals surface area contributed by atoms with E-state index >= 15 is 0 Å². The number of aliphatic hydroxyl groups excluding tert-OH is 1. The summed E-state index contributed by atoms with van der Waals surface area (Å²) in [6.45, 7) is 3.92. The molecule has 0 spiro atoms. The monoisotopic (exact) mass is 289 g/mol. The van der Waals surface area contributed by atoms with Gasteiger partial charge >= 0.3 is 0 Å². The minimum atomic E-state index is -0.562. The van der Waals surface area contributed by atoms with Crippen LogP contribution in [0.5, 0.6) is 0 Å². The maximum absolute atomic E-state index is 12.4. The smallest absolute Gasteiger partial charge is 0.255 e. The molecule has 1 aromatic rings. The van der Waals surface area contributed by atoms with Gasteiger partial charge in [0.15, 0.2) is 0 Å². The highest BCUT2D eigenvalue weighted by Crippen LogP contribution is 2.08. The van der Waals surface area contributed by atoms with Gasteiger partial charge in [-0.25, -0.2) is 0 Å². The van der Waals surface area contributed by atoms with Crippen molar-refractivity contribution in [1.29, 1.82) is 0 Å². The van der Waals surface area contributed by atoms with E-state index in [1.54, 1.807) is 6.07 Å². The summed E-state index contributed by atoms with van der Waals surface area (Å²) in [5.41, 5.74) is 6.04. The largest absolute Gasteiger partial charge is 0.384 e. The molecule has 2 amide bonds. The van der Waals surface area contributed by atoms with Crippen molar-refractivity contribution in [3.63, 3.8) is 0 Å². The van der Waals surface area contributed by atoms with Crippen molar-refractivity contribution in [2.75, 3.05) is 19.7 Å². The molecule has 3 N–H and O–H groups in total. The van der Waals surface area contributed by atoms with Gasteiger partial charge in [0.2, 0.25) is 5.91 Å². The van der Waals surface area contributed by atoms with Crippen molar-refractivity contribution in [3.05, 3.63) is 29.6 Å². The second-order valence-electron chi connectivity index (χ2n) is 4.97. The summed E-state index contributed by atoms with van der Waals surface area (Å²) in [7, 11) is 0. The molecule has 0 fully saturated rings. The van der Waals surface area contributed by atoms with Gasteiger partial charge < -0.3 is 15.7 Å². The highest BCUT2D eigenvalue weighted by atomic mass is 16.2. The zero-order chi connectivity index (χ0) is 15.8. The van der Waals surface area contributed by atoms with Gasteiger partial charge in [0.05, 0.1) is 12.1 Å². The Morgan fingerprint density at radius 3 is 2.71 bits per heavy atom. The zero-order valence-electron chi connectivity index (χ0n) is 12.2. The number of amides is 2. The number of nitrogens with zero attached hydrogens (tertiary/aromatic N) is 2. The molecule has 0 aliphatic heterocycles. The van der Waals surface area contributed by atoms with E-state index in [9.17, 15) is 9.59 Å². The fourth-order valence-electron chi connectivity index (χ4n) is 1.80. The van der Waals surface area contributed by atoms with Crippen molar-refractivity contribution in [1.82, 2.24) is 9.88 Å². The van der Waals surface area contributed by atoms with Gasteiger partial charge in [-0.2, -0.15) is 0 Å². The van der Waals surface area contributed by atoms with Crippen LogP contribution in [-0.4, -0.2) is 46.5 Å². The molecule has 0 saturated carbocycles. The summed E-state index contributed by atoms with van der Waals surface area (Å²) in [6.07, 6.45) is 2.92. The Hall–Kier alpha value is -2.39. The van der Waals surface area contributed by atoms with E-state index in [2.05, 4.69) is 16.8 Å². The van der Waals surface area contributed by atoms with Crippen LogP contribution < -0.4 is 5.73 Å². The van der Waals surface area contributed by atoms with Crippen LogP contribution in [0.25, 0.3) is 0 Å². The summed E-state index contributed by atoms with van der Waals surface area (Å²) >= 11 is 0. The lowest BCUT2D eigenvalue weighted by molar-refractivity contribution is -0.118. The molecule has 0 atom stereocenters. The topological polar surface area (TPSA) is 96.5 Å². The van der Waals surface area contributed by atoms with Gasteiger partial charge in [-0.15, -0.1) is 0 Å². The molecule has 0 bridgehead atoms. The van der Waals surface area contributed by atoms with E-state index in [-0.39, 0.29) is 25.0 Å². The molecule has 0 unspecified atom stereocenters. The second-order valence-corrected chi connectivity index (χ2v) is 4.97. The SMILES string of the molecule is CC(C)CN(CC(N)=O)C(=O)c1cncc(C#CCO)c1. The number of nitrogens with two attached hydrogens (primary N) is 1. The first-order valence-electron chi connectivity index (χ1n) is 6.56. The predicted molar refractivity (Wildman–Crippen MR) is 78.1 cm³/mol. The number of carbonyl (C=O) groups excluding carboxylic acids is 2. The lowest BCUT2D eigenvalue weighted by Crippen LogP contribution is -2.40. The van der Waals surface area contributed by atoms with E-state index in [4.69, 9.17) is 10.8 Å². The molecule has 6 heteroatoms. The number of aromatic nitrogens is 1. The molecule has 1 aromatic heterocycles. The number of hydrogen-bond donors (Lipinski definition) is 2. The Morgan fingerprint density at radius 1 is 1.43 bits per heavy atom. The Labute approximate surface area is 124 Å². The molecule has 0 saturated heterocycles. The van der Waals surface area contributed by atoms with Crippen LogP contribution in [-0.2, 0) is 4.79 Å². The normalized spacial score (nSPS) is 9.90. The Kier molecular flexibility index (Phi) is 6.37. The molecule has 112 valence electrons. The molecule has 0 aliphatic carbocycles. The van der Waals surface area contributed by atoms with Crippen molar-refractivity contribution < 1.29 is 14.7 Å². The van der Waals surface area contributed by atoms with Gasteiger partial charge in [-0.3, -0.25) is 14.6 Å². The number of aliphatic hydroxyl groups is 1. The number of hydrogen-bond acceptors (Lipinski definition) is 4. The van der Waals surface area contributed by atoms with Gasteiger partial charge in [-0.05, 0) is 12.0 Å². The maximum atomic E-state index is 12.4. The highest BCUT2D eigenvalue weighted by molar-refractivity contribution is 5.96. The quantitative estimate of drug-likeness (QED) is 0.746. The molecule has 0 aromatic carbocycles. The number of pyridine rings is 1. The zero-order valence-corrected chi connectivity index (χ0v) is 12.2. The van der Waals surface area contributed by atoms with Gasteiger partial charge in [0.1, 0.15) is 6.61 Å². The Balaban J connectivity index is 2.99. The first-order chi connectivity index (χ1) is 9.93. The van der Waals surface area contributed by atoms with Crippen LogP contribution in [0.4, 0.5) is 0 Å². The predicted octanol–water partition coefficient (Wildman–Crippen LogP) is 0.00890. The van der Waals surface area contributed by atoms with Crippen LogP contribution >= 0.6 is 0 Å². The summed E-state index contributed by atoms with van der Waals surface area (Å²) in [6, 6.07) is 1.58. The van der Waals surface area contributed by atoms with Crippen molar-refractivity contribution in [3.8, 4) is 11.8 Å². The van der Waals surface area contributed by atoms with Gasteiger partial charge in [0, 0.05) is 24.5 Å². The van der Waals surface area contributed by atoms with Gasteiger partial charge in [-0.1, -0.05) is 25.7 Å². The summed E-state index contributed by atoms with van der Waals surface area (Å²) < 4.78 is 0. The van der Waals surface area contributed by atoms with Crippen LogP contribution in [0.2, 0.25) is 0 Å². The van der Waals surface area contributed by atoms with Crippen LogP contribution in [0.1, 0.15) is 29.8 Å². The molecule has 0 aliphatic rings. The molecule has 1 rings (SSSR count). The van der Waals surface area contributed by atoms with E-state index in [0.29, 0.717) is 17.7 Å².